The molecule has 9 aromatic rings. The quantitative estimate of drug-likeness (QED) is 0.128. The summed E-state index contributed by atoms with van der Waals surface area (Å²) in [5, 5.41) is 2.54. The summed E-state index contributed by atoms with van der Waals surface area (Å²) in [7, 11) is -2.81. The number of rotatable bonds is 11. The van der Waals surface area contributed by atoms with Crippen molar-refractivity contribution in [2.45, 2.75) is 4.08 Å². The van der Waals surface area contributed by atoms with Gasteiger partial charge in [0.25, 0.3) is 0 Å². The van der Waals surface area contributed by atoms with Crippen LogP contribution in [-0.4, -0.2) is 37.5 Å². The SMILES string of the molecule is CS(C)(C)C1(S(C)(C)C)c2cc(N(c3ccccc3)c3ccccc3)ccc2-c2c(N(c3ccccc3)c3ccccc3)cc3cc(N(c4ccccc4)c4ccccc4)ccc3c21. The molecule has 0 N–H and O–H groups in total. The van der Waals surface area contributed by atoms with E-state index in [0.29, 0.717) is 0 Å². The third kappa shape index (κ3) is 6.95. The summed E-state index contributed by atoms with van der Waals surface area (Å²) in [4.78, 5) is 7.32. The van der Waals surface area contributed by atoms with Crippen molar-refractivity contribution in [1.29, 1.82) is 0 Å². The number of nitrogens with zero attached hydrogens (tertiary/aromatic N) is 3. The second kappa shape index (κ2) is 16.5. The summed E-state index contributed by atoms with van der Waals surface area (Å²) in [5.41, 5.74) is 15.8. The highest BCUT2D eigenvalue weighted by Gasteiger charge is 2.56. The second-order valence-corrected chi connectivity index (χ2v) is 26.9. The van der Waals surface area contributed by atoms with Gasteiger partial charge in [-0.05, 0) is 168 Å². The third-order valence-electron chi connectivity index (χ3n) is 12.6. The molecule has 9 aromatic carbocycles. The lowest BCUT2D eigenvalue weighted by Crippen LogP contribution is -2.36. The van der Waals surface area contributed by atoms with E-state index in [2.05, 4.69) is 277 Å². The first-order valence-corrected chi connectivity index (χ1v) is 27.6. The van der Waals surface area contributed by atoms with E-state index in [4.69, 9.17) is 0 Å². The summed E-state index contributed by atoms with van der Waals surface area (Å²) in [6.45, 7) is 0. The Morgan fingerprint density at radius 2 is 0.672 bits per heavy atom. The topological polar surface area (TPSA) is 9.72 Å². The Balaban J connectivity index is 1.34. The van der Waals surface area contributed by atoms with E-state index < -0.39 is 20.1 Å². The molecule has 64 heavy (non-hydrogen) atoms. The first-order valence-electron chi connectivity index (χ1n) is 21.9. The molecule has 0 aliphatic heterocycles. The highest BCUT2D eigenvalue weighted by molar-refractivity contribution is 8.48. The van der Waals surface area contributed by atoms with E-state index in [9.17, 15) is 0 Å². The summed E-state index contributed by atoms with van der Waals surface area (Å²) >= 11 is 0. The third-order valence-corrected chi connectivity index (χ3v) is 19.9. The fourth-order valence-corrected chi connectivity index (χ4v) is 19.7. The zero-order valence-electron chi connectivity index (χ0n) is 37.5. The molecule has 10 rings (SSSR count). The number of hydrogen-bond donors (Lipinski definition) is 0. The van der Waals surface area contributed by atoms with Gasteiger partial charge < -0.3 is 14.7 Å². The van der Waals surface area contributed by atoms with Crippen molar-refractivity contribution in [3.05, 3.63) is 236 Å². The first-order chi connectivity index (χ1) is 31.1. The van der Waals surface area contributed by atoms with Crippen LogP contribution in [0.25, 0.3) is 21.9 Å². The fraction of sp³-hybridized carbons (Fsp3) is 0.119. The number of benzene rings is 9. The van der Waals surface area contributed by atoms with E-state index in [1.54, 1.807) is 0 Å². The van der Waals surface area contributed by atoms with Crippen molar-refractivity contribution >= 4 is 82.0 Å². The molecule has 0 saturated heterocycles. The minimum atomic E-state index is -1.41. The number of hydrogen-bond acceptors (Lipinski definition) is 3. The Hall–Kier alpha value is -6.66. The van der Waals surface area contributed by atoms with Gasteiger partial charge in [0.05, 0.1) is 9.77 Å². The minimum Gasteiger partial charge on any atom is -0.310 e. The lowest BCUT2D eigenvalue weighted by atomic mass is 9.94. The van der Waals surface area contributed by atoms with E-state index in [0.717, 1.165) is 45.5 Å². The van der Waals surface area contributed by atoms with Crippen LogP contribution in [0.1, 0.15) is 11.1 Å². The second-order valence-electron chi connectivity index (χ2n) is 18.1. The van der Waals surface area contributed by atoms with Gasteiger partial charge in [-0.1, -0.05) is 121 Å². The Morgan fingerprint density at radius 3 is 1.05 bits per heavy atom. The van der Waals surface area contributed by atoms with Crippen LogP contribution < -0.4 is 14.7 Å². The van der Waals surface area contributed by atoms with Gasteiger partial charge in [-0.25, -0.2) is 20.1 Å². The Labute approximate surface area is 382 Å². The Kier molecular flexibility index (Phi) is 10.6. The highest BCUT2D eigenvalue weighted by atomic mass is 32.3. The van der Waals surface area contributed by atoms with Crippen molar-refractivity contribution in [2.75, 3.05) is 52.2 Å². The Morgan fingerprint density at radius 1 is 0.328 bits per heavy atom. The maximum absolute atomic E-state index is 2.57. The van der Waals surface area contributed by atoms with Crippen molar-refractivity contribution in [1.82, 2.24) is 0 Å². The molecule has 1 aliphatic rings. The summed E-state index contributed by atoms with van der Waals surface area (Å²) < 4.78 is -0.285. The predicted octanol–water partition coefficient (Wildman–Crippen LogP) is 16.8. The van der Waals surface area contributed by atoms with E-state index >= 15 is 0 Å². The van der Waals surface area contributed by atoms with Gasteiger partial charge >= 0.3 is 0 Å². The fourth-order valence-electron chi connectivity index (χ4n) is 10.4. The molecular formula is C59H55N3S2. The molecule has 0 unspecified atom stereocenters. The highest BCUT2D eigenvalue weighted by Crippen LogP contribution is 2.81. The van der Waals surface area contributed by atoms with Gasteiger partial charge in [0.1, 0.15) is 0 Å². The molecule has 0 atom stereocenters. The molecule has 0 aromatic heterocycles. The normalized spacial score (nSPS) is 13.5. The van der Waals surface area contributed by atoms with Crippen LogP contribution in [-0.2, 0) is 4.08 Å². The molecule has 0 bridgehead atoms. The van der Waals surface area contributed by atoms with Gasteiger partial charge in [-0.3, -0.25) is 0 Å². The molecule has 0 spiro atoms. The number of anilines is 9. The maximum atomic E-state index is 2.57. The molecule has 318 valence electrons. The van der Waals surface area contributed by atoms with Crippen molar-refractivity contribution in [3.63, 3.8) is 0 Å². The standard InChI is InChI=1S/C59H55N3S2/c1-63(2,3)59(64(4,5)6)55-43-52(61(47-29-17-9-18-30-47)48-31-19-10-20-32-48)38-40-54(55)57-56(62(49-33-21-11-22-34-49)50-35-23-12-24-36-50)42-44-41-51(37-39-53(44)58(57)59)60(45-25-13-7-14-26-45)46-27-15-8-16-28-46/h7-43H,1-6H3. The van der Waals surface area contributed by atoms with Crippen LogP contribution in [0.4, 0.5) is 51.2 Å². The van der Waals surface area contributed by atoms with Gasteiger partial charge in [0.2, 0.25) is 0 Å². The lowest BCUT2D eigenvalue weighted by molar-refractivity contribution is 1.09. The van der Waals surface area contributed by atoms with Crippen molar-refractivity contribution < 1.29 is 0 Å². The zero-order valence-corrected chi connectivity index (χ0v) is 39.2. The first kappa shape index (κ1) is 41.4. The molecule has 0 fully saturated rings. The molecule has 1 aliphatic carbocycles. The summed E-state index contributed by atoms with van der Waals surface area (Å²) in [6, 6.07) is 82.2. The lowest BCUT2D eigenvalue weighted by Gasteiger charge is -2.59. The number of para-hydroxylation sites is 6. The molecular weight excluding hydrogens is 815 g/mol. The van der Waals surface area contributed by atoms with Gasteiger partial charge in [0, 0.05) is 51.1 Å². The Bertz CT molecular complexity index is 2920. The smallest absolute Gasteiger partial charge is 0.0818 e. The summed E-state index contributed by atoms with van der Waals surface area (Å²) in [5.74, 6) is 0. The van der Waals surface area contributed by atoms with Gasteiger partial charge in [0.15, 0.2) is 0 Å². The number of fused-ring (bicyclic) bond motifs is 5. The van der Waals surface area contributed by atoms with E-state index in [1.807, 2.05) is 0 Å². The van der Waals surface area contributed by atoms with Crippen molar-refractivity contribution in [3.8, 4) is 11.1 Å². The molecule has 0 saturated carbocycles. The molecule has 0 heterocycles. The van der Waals surface area contributed by atoms with Crippen LogP contribution >= 0.6 is 20.1 Å². The molecule has 0 radical (unpaired) electrons. The van der Waals surface area contributed by atoms with Crippen LogP contribution in [0.15, 0.2) is 224 Å². The summed E-state index contributed by atoms with van der Waals surface area (Å²) in [6.07, 6.45) is 15.4. The monoisotopic (exact) mass is 869 g/mol. The molecule has 0 amide bonds. The van der Waals surface area contributed by atoms with E-state index in [-0.39, 0.29) is 4.08 Å². The van der Waals surface area contributed by atoms with Crippen molar-refractivity contribution in [2.24, 2.45) is 0 Å². The minimum absolute atomic E-state index is 0.285. The average molecular weight is 870 g/mol. The van der Waals surface area contributed by atoms with Gasteiger partial charge in [-0.2, -0.15) is 0 Å². The van der Waals surface area contributed by atoms with Crippen LogP contribution in [0.2, 0.25) is 0 Å². The van der Waals surface area contributed by atoms with E-state index in [1.165, 1.54) is 38.7 Å². The molecule has 5 heteroatoms. The average Bonchev–Trinajstić information content (AvgIpc) is 3.64. The largest absolute Gasteiger partial charge is 0.310 e. The van der Waals surface area contributed by atoms with Crippen LogP contribution in [0.3, 0.4) is 0 Å². The zero-order chi connectivity index (χ0) is 44.1. The maximum Gasteiger partial charge on any atom is 0.0818 e. The van der Waals surface area contributed by atoms with Crippen LogP contribution in [0.5, 0.6) is 0 Å². The van der Waals surface area contributed by atoms with Crippen LogP contribution in [0, 0.1) is 0 Å². The molecule has 3 nitrogen and oxygen atoms in total. The predicted molar refractivity (Wildman–Crippen MR) is 285 cm³/mol. The van der Waals surface area contributed by atoms with Gasteiger partial charge in [-0.15, -0.1) is 0 Å².